The standard InChI is InChI=1S/C12H17ClN2/c1-9-7-11(3-4-12(9)13)15-6-5-14-8-10(15)2/h3-4,7,10,14H,5-6,8H2,1-2H3/t10-/m0/s1. The minimum absolute atomic E-state index is 0.555. The molecule has 1 heterocycles. The average Bonchev–Trinajstić information content (AvgIpc) is 2.23. The molecule has 0 aromatic heterocycles. The molecule has 1 aliphatic heterocycles. The Morgan fingerprint density at radius 1 is 1.47 bits per heavy atom. The molecule has 0 saturated carbocycles. The van der Waals surface area contributed by atoms with Crippen molar-refractivity contribution in [2.75, 3.05) is 24.5 Å². The van der Waals surface area contributed by atoms with Crippen LogP contribution in [-0.2, 0) is 0 Å². The third kappa shape index (κ3) is 2.27. The van der Waals surface area contributed by atoms with Crippen molar-refractivity contribution >= 4 is 17.3 Å². The summed E-state index contributed by atoms with van der Waals surface area (Å²) in [6.07, 6.45) is 0. The zero-order valence-electron chi connectivity index (χ0n) is 9.26. The second-order valence-electron chi connectivity index (χ2n) is 4.18. The number of rotatable bonds is 1. The number of halogens is 1. The fourth-order valence-electron chi connectivity index (χ4n) is 2.03. The molecule has 2 nitrogen and oxygen atoms in total. The summed E-state index contributed by atoms with van der Waals surface area (Å²) in [4.78, 5) is 2.43. The molecule has 0 spiro atoms. The Kier molecular flexibility index (Phi) is 3.17. The lowest BCUT2D eigenvalue weighted by Gasteiger charge is -2.36. The van der Waals surface area contributed by atoms with Crippen molar-refractivity contribution in [3.63, 3.8) is 0 Å². The minimum Gasteiger partial charge on any atom is -0.366 e. The van der Waals surface area contributed by atoms with Gasteiger partial charge in [-0.05, 0) is 37.6 Å². The summed E-state index contributed by atoms with van der Waals surface area (Å²) >= 11 is 6.03. The Balaban J connectivity index is 2.24. The van der Waals surface area contributed by atoms with Crippen molar-refractivity contribution < 1.29 is 0 Å². The van der Waals surface area contributed by atoms with Gasteiger partial charge in [0.15, 0.2) is 0 Å². The molecule has 1 aromatic rings. The van der Waals surface area contributed by atoms with Crippen LogP contribution in [0.25, 0.3) is 0 Å². The summed E-state index contributed by atoms with van der Waals surface area (Å²) in [5.41, 5.74) is 2.44. The Morgan fingerprint density at radius 2 is 2.27 bits per heavy atom. The number of nitrogens with one attached hydrogen (secondary N) is 1. The molecule has 0 unspecified atom stereocenters. The quantitative estimate of drug-likeness (QED) is 0.789. The van der Waals surface area contributed by atoms with Gasteiger partial charge in [0.05, 0.1) is 0 Å². The summed E-state index contributed by atoms with van der Waals surface area (Å²) in [6, 6.07) is 6.82. The molecule has 3 heteroatoms. The van der Waals surface area contributed by atoms with Crippen molar-refractivity contribution in [2.24, 2.45) is 0 Å². The third-order valence-electron chi connectivity index (χ3n) is 2.97. The molecule has 0 aliphatic carbocycles. The molecule has 82 valence electrons. The van der Waals surface area contributed by atoms with E-state index in [2.05, 4.69) is 36.2 Å². The van der Waals surface area contributed by atoms with Crippen LogP contribution < -0.4 is 10.2 Å². The van der Waals surface area contributed by atoms with E-state index in [0.717, 1.165) is 30.2 Å². The second kappa shape index (κ2) is 4.42. The maximum atomic E-state index is 6.03. The highest BCUT2D eigenvalue weighted by Crippen LogP contribution is 2.24. The topological polar surface area (TPSA) is 15.3 Å². The first kappa shape index (κ1) is 10.8. The number of benzene rings is 1. The van der Waals surface area contributed by atoms with Gasteiger partial charge in [0.1, 0.15) is 0 Å². The maximum absolute atomic E-state index is 6.03. The number of aryl methyl sites for hydroxylation is 1. The lowest BCUT2D eigenvalue weighted by molar-refractivity contribution is 0.501. The zero-order valence-corrected chi connectivity index (χ0v) is 10.0. The van der Waals surface area contributed by atoms with E-state index >= 15 is 0 Å². The zero-order chi connectivity index (χ0) is 10.8. The summed E-state index contributed by atoms with van der Waals surface area (Å²) < 4.78 is 0. The third-order valence-corrected chi connectivity index (χ3v) is 3.40. The van der Waals surface area contributed by atoms with Gasteiger partial charge in [-0.25, -0.2) is 0 Å². The molecular formula is C12H17ClN2. The Labute approximate surface area is 96.2 Å². The molecule has 0 amide bonds. The fourth-order valence-corrected chi connectivity index (χ4v) is 2.15. The van der Waals surface area contributed by atoms with Crippen LogP contribution in [-0.4, -0.2) is 25.7 Å². The SMILES string of the molecule is Cc1cc(N2CCNC[C@@H]2C)ccc1Cl. The molecule has 1 fully saturated rings. The van der Waals surface area contributed by atoms with Crippen molar-refractivity contribution in [3.8, 4) is 0 Å². The first-order valence-corrected chi connectivity index (χ1v) is 5.80. The van der Waals surface area contributed by atoms with Crippen LogP contribution in [0, 0.1) is 6.92 Å². The van der Waals surface area contributed by atoms with Gasteiger partial charge in [-0.2, -0.15) is 0 Å². The van der Waals surface area contributed by atoms with E-state index in [0.29, 0.717) is 6.04 Å². The first-order valence-electron chi connectivity index (χ1n) is 5.42. The summed E-state index contributed by atoms with van der Waals surface area (Å²) in [6.45, 7) is 7.49. The summed E-state index contributed by atoms with van der Waals surface area (Å²) in [5, 5.41) is 4.24. The number of hydrogen-bond donors (Lipinski definition) is 1. The van der Waals surface area contributed by atoms with Crippen LogP contribution in [0.2, 0.25) is 5.02 Å². The highest BCUT2D eigenvalue weighted by Gasteiger charge is 2.18. The predicted molar refractivity (Wildman–Crippen MR) is 65.9 cm³/mol. The van der Waals surface area contributed by atoms with Crippen molar-refractivity contribution in [2.45, 2.75) is 19.9 Å². The van der Waals surface area contributed by atoms with Crippen molar-refractivity contribution in [1.82, 2.24) is 5.32 Å². The molecule has 1 N–H and O–H groups in total. The monoisotopic (exact) mass is 224 g/mol. The Bertz CT molecular complexity index is 351. The van der Waals surface area contributed by atoms with Crippen molar-refractivity contribution in [1.29, 1.82) is 0 Å². The highest BCUT2D eigenvalue weighted by atomic mass is 35.5. The van der Waals surface area contributed by atoms with E-state index in [1.54, 1.807) is 0 Å². The van der Waals surface area contributed by atoms with Gasteiger partial charge < -0.3 is 10.2 Å². The van der Waals surface area contributed by atoms with E-state index < -0.39 is 0 Å². The van der Waals surface area contributed by atoms with Crippen LogP contribution in [0.4, 0.5) is 5.69 Å². The maximum Gasteiger partial charge on any atom is 0.0436 e. The smallest absolute Gasteiger partial charge is 0.0436 e. The van der Waals surface area contributed by atoms with E-state index in [4.69, 9.17) is 11.6 Å². The van der Waals surface area contributed by atoms with Crippen LogP contribution >= 0.6 is 11.6 Å². The van der Waals surface area contributed by atoms with E-state index in [1.807, 2.05) is 6.07 Å². The van der Waals surface area contributed by atoms with E-state index in [-0.39, 0.29) is 0 Å². The highest BCUT2D eigenvalue weighted by molar-refractivity contribution is 6.31. The number of nitrogens with zero attached hydrogens (tertiary/aromatic N) is 1. The first-order chi connectivity index (χ1) is 7.18. The van der Waals surface area contributed by atoms with Crippen LogP contribution in [0.15, 0.2) is 18.2 Å². The largest absolute Gasteiger partial charge is 0.366 e. The van der Waals surface area contributed by atoms with Gasteiger partial charge in [-0.1, -0.05) is 11.6 Å². The van der Waals surface area contributed by atoms with Gasteiger partial charge in [-0.3, -0.25) is 0 Å². The summed E-state index contributed by atoms with van der Waals surface area (Å²) in [7, 11) is 0. The van der Waals surface area contributed by atoms with Gasteiger partial charge in [-0.15, -0.1) is 0 Å². The molecule has 1 aromatic carbocycles. The number of hydrogen-bond acceptors (Lipinski definition) is 2. The second-order valence-corrected chi connectivity index (χ2v) is 4.59. The Morgan fingerprint density at radius 3 is 2.93 bits per heavy atom. The van der Waals surface area contributed by atoms with E-state index in [1.165, 1.54) is 5.69 Å². The lowest BCUT2D eigenvalue weighted by atomic mass is 10.1. The van der Waals surface area contributed by atoms with Crippen molar-refractivity contribution in [3.05, 3.63) is 28.8 Å². The molecule has 1 atom stereocenters. The molecule has 1 aliphatic rings. The lowest BCUT2D eigenvalue weighted by Crippen LogP contribution is -2.49. The molecule has 15 heavy (non-hydrogen) atoms. The molecule has 0 radical (unpaired) electrons. The Hall–Kier alpha value is -0.730. The minimum atomic E-state index is 0.555. The summed E-state index contributed by atoms with van der Waals surface area (Å²) in [5.74, 6) is 0. The molecular weight excluding hydrogens is 208 g/mol. The predicted octanol–water partition coefficient (Wildman–Crippen LogP) is 2.45. The molecule has 2 rings (SSSR count). The van der Waals surface area contributed by atoms with Gasteiger partial charge in [0, 0.05) is 36.4 Å². The van der Waals surface area contributed by atoms with Crippen LogP contribution in [0.3, 0.4) is 0 Å². The van der Waals surface area contributed by atoms with Crippen LogP contribution in [0.5, 0.6) is 0 Å². The average molecular weight is 225 g/mol. The van der Waals surface area contributed by atoms with E-state index in [9.17, 15) is 0 Å². The fraction of sp³-hybridized carbons (Fsp3) is 0.500. The van der Waals surface area contributed by atoms with Gasteiger partial charge in [0.25, 0.3) is 0 Å². The van der Waals surface area contributed by atoms with Gasteiger partial charge in [0.2, 0.25) is 0 Å². The number of anilines is 1. The van der Waals surface area contributed by atoms with Gasteiger partial charge >= 0.3 is 0 Å². The molecule has 1 saturated heterocycles. The number of piperazine rings is 1. The van der Waals surface area contributed by atoms with Crippen LogP contribution in [0.1, 0.15) is 12.5 Å². The normalized spacial score (nSPS) is 21.8. The molecule has 0 bridgehead atoms.